The number of hydrogen-bond acceptors (Lipinski definition) is 5. The molecule has 2 heterocycles. The minimum Gasteiger partial charge on any atom is -0.359 e. The molecule has 0 bridgehead atoms. The van der Waals surface area contributed by atoms with Crippen molar-refractivity contribution < 1.29 is 9.32 Å². The average molecular weight is 378 g/mol. The molecule has 26 heavy (non-hydrogen) atoms. The van der Waals surface area contributed by atoms with Crippen molar-refractivity contribution in [3.05, 3.63) is 39.9 Å². The monoisotopic (exact) mass is 377 g/mol. The van der Waals surface area contributed by atoms with Gasteiger partial charge in [0, 0.05) is 25.7 Å². The SMILES string of the molecule is CCNC(=NCc1cc(C(C)C)no1)NCCCNC(=O)c1cccs1. The molecule has 2 aromatic rings. The highest BCUT2D eigenvalue weighted by atomic mass is 32.1. The van der Waals surface area contributed by atoms with Gasteiger partial charge in [0.1, 0.15) is 6.54 Å². The number of hydrogen-bond donors (Lipinski definition) is 3. The summed E-state index contributed by atoms with van der Waals surface area (Å²) in [6, 6.07) is 5.64. The Hall–Kier alpha value is -2.35. The summed E-state index contributed by atoms with van der Waals surface area (Å²) in [5, 5.41) is 15.3. The summed E-state index contributed by atoms with van der Waals surface area (Å²) < 4.78 is 5.30. The van der Waals surface area contributed by atoms with Crippen LogP contribution in [0.2, 0.25) is 0 Å². The molecule has 8 heteroatoms. The molecule has 0 aliphatic rings. The lowest BCUT2D eigenvalue weighted by Gasteiger charge is -2.11. The first-order valence-electron chi connectivity index (χ1n) is 8.89. The van der Waals surface area contributed by atoms with E-state index in [1.165, 1.54) is 11.3 Å². The van der Waals surface area contributed by atoms with E-state index < -0.39 is 0 Å². The van der Waals surface area contributed by atoms with Gasteiger partial charge >= 0.3 is 0 Å². The summed E-state index contributed by atoms with van der Waals surface area (Å²) in [5.41, 5.74) is 0.939. The van der Waals surface area contributed by atoms with Crippen molar-refractivity contribution in [3.8, 4) is 0 Å². The Morgan fingerprint density at radius 3 is 2.77 bits per heavy atom. The first kappa shape index (κ1) is 20.0. The molecule has 2 aromatic heterocycles. The fourth-order valence-electron chi connectivity index (χ4n) is 2.17. The molecule has 1 amide bonds. The number of carbonyl (C=O) groups is 1. The Morgan fingerprint density at radius 1 is 1.31 bits per heavy atom. The van der Waals surface area contributed by atoms with Gasteiger partial charge in [-0.25, -0.2) is 4.99 Å². The fourth-order valence-corrected chi connectivity index (χ4v) is 2.81. The van der Waals surface area contributed by atoms with E-state index in [2.05, 4.69) is 39.9 Å². The van der Waals surface area contributed by atoms with Gasteiger partial charge in [-0.3, -0.25) is 4.79 Å². The third-order valence-corrected chi connectivity index (χ3v) is 4.45. The van der Waals surface area contributed by atoms with Crippen molar-refractivity contribution in [2.75, 3.05) is 19.6 Å². The Kier molecular flexibility index (Phi) is 8.14. The van der Waals surface area contributed by atoms with Crippen LogP contribution in [0.5, 0.6) is 0 Å². The number of thiophene rings is 1. The molecule has 0 saturated heterocycles. The molecule has 0 aliphatic carbocycles. The van der Waals surface area contributed by atoms with Gasteiger partial charge in [-0.1, -0.05) is 25.1 Å². The number of nitrogens with one attached hydrogen (secondary N) is 3. The predicted molar refractivity (Wildman–Crippen MR) is 105 cm³/mol. The second-order valence-corrected chi connectivity index (χ2v) is 7.03. The van der Waals surface area contributed by atoms with Gasteiger partial charge in [0.25, 0.3) is 5.91 Å². The van der Waals surface area contributed by atoms with E-state index in [9.17, 15) is 4.79 Å². The minimum atomic E-state index is -0.0214. The largest absolute Gasteiger partial charge is 0.359 e. The first-order chi connectivity index (χ1) is 12.6. The number of aromatic nitrogens is 1. The fraction of sp³-hybridized carbons (Fsp3) is 0.500. The molecule has 0 atom stereocenters. The number of carbonyl (C=O) groups excluding carboxylic acids is 1. The Labute approximate surface area is 158 Å². The molecule has 0 saturated carbocycles. The van der Waals surface area contributed by atoms with E-state index in [-0.39, 0.29) is 5.91 Å². The molecule has 0 fully saturated rings. The molecule has 0 unspecified atom stereocenters. The van der Waals surface area contributed by atoms with Gasteiger partial charge in [0.15, 0.2) is 11.7 Å². The van der Waals surface area contributed by atoms with Crippen molar-refractivity contribution in [3.63, 3.8) is 0 Å². The zero-order valence-corrected chi connectivity index (χ0v) is 16.4. The zero-order valence-electron chi connectivity index (χ0n) is 15.5. The van der Waals surface area contributed by atoms with Crippen LogP contribution >= 0.6 is 11.3 Å². The van der Waals surface area contributed by atoms with Crippen LogP contribution in [-0.2, 0) is 6.54 Å². The van der Waals surface area contributed by atoms with Crippen LogP contribution in [0.25, 0.3) is 0 Å². The molecular formula is C18H27N5O2S. The standard InChI is InChI=1S/C18H27N5O2S/c1-4-19-18(22-12-14-11-15(13(2)3)23-25-14)21-9-6-8-20-17(24)16-7-5-10-26-16/h5,7,10-11,13H,4,6,8-9,12H2,1-3H3,(H,20,24)(H2,19,21,22). The number of nitrogens with zero attached hydrogens (tertiary/aromatic N) is 2. The summed E-state index contributed by atoms with van der Waals surface area (Å²) in [6.07, 6.45) is 0.807. The lowest BCUT2D eigenvalue weighted by molar-refractivity contribution is 0.0957. The van der Waals surface area contributed by atoms with E-state index in [0.717, 1.165) is 35.3 Å². The minimum absolute atomic E-state index is 0.0214. The van der Waals surface area contributed by atoms with Gasteiger partial charge in [-0.15, -0.1) is 11.3 Å². The van der Waals surface area contributed by atoms with Crippen LogP contribution in [0, 0.1) is 0 Å². The molecule has 0 aromatic carbocycles. The Morgan fingerprint density at radius 2 is 2.12 bits per heavy atom. The summed E-state index contributed by atoms with van der Waals surface area (Å²) in [4.78, 5) is 17.1. The average Bonchev–Trinajstić information content (AvgIpc) is 3.30. The highest BCUT2D eigenvalue weighted by Gasteiger charge is 2.08. The van der Waals surface area contributed by atoms with E-state index in [1.54, 1.807) is 0 Å². The molecule has 142 valence electrons. The van der Waals surface area contributed by atoms with E-state index in [4.69, 9.17) is 4.52 Å². The van der Waals surface area contributed by atoms with Crippen LogP contribution in [0.1, 0.15) is 54.2 Å². The second kappa shape index (κ2) is 10.6. The van der Waals surface area contributed by atoms with Crippen LogP contribution < -0.4 is 16.0 Å². The van der Waals surface area contributed by atoms with Crippen molar-refractivity contribution in [1.82, 2.24) is 21.1 Å². The highest BCUT2D eigenvalue weighted by Crippen LogP contribution is 2.14. The number of rotatable bonds is 9. The maximum absolute atomic E-state index is 11.8. The first-order valence-corrected chi connectivity index (χ1v) is 9.77. The molecule has 0 radical (unpaired) electrons. The lowest BCUT2D eigenvalue weighted by Crippen LogP contribution is -2.38. The van der Waals surface area contributed by atoms with Crippen LogP contribution in [0.3, 0.4) is 0 Å². The van der Waals surface area contributed by atoms with Crippen LogP contribution in [0.4, 0.5) is 0 Å². The van der Waals surface area contributed by atoms with E-state index >= 15 is 0 Å². The molecule has 2 rings (SSSR count). The van der Waals surface area contributed by atoms with Gasteiger partial charge in [-0.2, -0.15) is 0 Å². The Bertz CT molecular complexity index is 694. The molecule has 0 aliphatic heterocycles. The van der Waals surface area contributed by atoms with Gasteiger partial charge in [-0.05, 0) is 30.7 Å². The van der Waals surface area contributed by atoms with E-state index in [1.807, 2.05) is 30.5 Å². The van der Waals surface area contributed by atoms with Crippen molar-refractivity contribution >= 4 is 23.2 Å². The van der Waals surface area contributed by atoms with Crippen molar-refractivity contribution in [2.24, 2.45) is 4.99 Å². The molecular weight excluding hydrogens is 350 g/mol. The lowest BCUT2D eigenvalue weighted by atomic mass is 10.1. The van der Waals surface area contributed by atoms with Crippen molar-refractivity contribution in [1.29, 1.82) is 0 Å². The maximum atomic E-state index is 11.8. The number of aliphatic imine (C=N–C) groups is 1. The molecule has 7 nitrogen and oxygen atoms in total. The van der Waals surface area contributed by atoms with E-state index in [0.29, 0.717) is 25.6 Å². The third-order valence-electron chi connectivity index (χ3n) is 3.58. The topological polar surface area (TPSA) is 91.6 Å². The molecule has 3 N–H and O–H groups in total. The summed E-state index contributed by atoms with van der Waals surface area (Å²) in [7, 11) is 0. The van der Waals surface area contributed by atoms with Crippen LogP contribution in [-0.4, -0.2) is 36.7 Å². The van der Waals surface area contributed by atoms with Gasteiger partial charge < -0.3 is 20.5 Å². The Balaban J connectivity index is 1.72. The number of guanidine groups is 1. The van der Waals surface area contributed by atoms with Crippen molar-refractivity contribution in [2.45, 2.75) is 39.7 Å². The maximum Gasteiger partial charge on any atom is 0.261 e. The summed E-state index contributed by atoms with van der Waals surface area (Å²) in [6.45, 7) is 8.71. The van der Waals surface area contributed by atoms with Crippen LogP contribution in [0.15, 0.2) is 33.1 Å². The highest BCUT2D eigenvalue weighted by molar-refractivity contribution is 7.12. The summed E-state index contributed by atoms with van der Waals surface area (Å²) in [5.74, 6) is 1.78. The quantitative estimate of drug-likeness (QED) is 0.355. The summed E-state index contributed by atoms with van der Waals surface area (Å²) >= 11 is 1.44. The van der Waals surface area contributed by atoms with Gasteiger partial charge in [0.2, 0.25) is 0 Å². The normalized spacial score (nSPS) is 11.6. The molecule has 0 spiro atoms. The third kappa shape index (κ3) is 6.51. The van der Waals surface area contributed by atoms with Gasteiger partial charge in [0.05, 0.1) is 10.6 Å². The predicted octanol–water partition coefficient (Wildman–Crippen LogP) is 2.73. The smallest absolute Gasteiger partial charge is 0.261 e. The zero-order chi connectivity index (χ0) is 18.8. The number of amides is 1. The second-order valence-electron chi connectivity index (χ2n) is 6.08.